The SMILES string of the molecule is CC.O=C1NC(=O)C(N2C(=O)c3ccccc3C2=O)C(=O)N1. The molecule has 0 unspecified atom stereocenters. The summed E-state index contributed by atoms with van der Waals surface area (Å²) in [6, 6.07) is 3.34. The average molecular weight is 303 g/mol. The Morgan fingerprint density at radius 3 is 1.64 bits per heavy atom. The molecule has 1 aromatic rings. The van der Waals surface area contributed by atoms with Gasteiger partial charge in [0.15, 0.2) is 6.04 Å². The normalized spacial score (nSPS) is 17.5. The lowest BCUT2D eigenvalue weighted by Gasteiger charge is -2.26. The summed E-state index contributed by atoms with van der Waals surface area (Å²) in [7, 11) is 0. The van der Waals surface area contributed by atoms with Crippen LogP contribution in [0.5, 0.6) is 0 Å². The first kappa shape index (κ1) is 15.4. The second-order valence-electron chi connectivity index (χ2n) is 4.24. The lowest BCUT2D eigenvalue weighted by atomic mass is 10.1. The van der Waals surface area contributed by atoms with Crippen molar-refractivity contribution in [2.45, 2.75) is 19.9 Å². The minimum absolute atomic E-state index is 0.120. The minimum atomic E-state index is -1.68. The fourth-order valence-corrected chi connectivity index (χ4v) is 2.19. The predicted octanol–water partition coefficient (Wildman–Crippen LogP) is 0.0434. The van der Waals surface area contributed by atoms with Crippen molar-refractivity contribution in [2.75, 3.05) is 0 Å². The average Bonchev–Trinajstić information content (AvgIpc) is 2.74. The van der Waals surface area contributed by atoms with Crippen LogP contribution in [0.4, 0.5) is 4.79 Å². The summed E-state index contributed by atoms with van der Waals surface area (Å²) in [5.41, 5.74) is 0.241. The Balaban J connectivity index is 0.000000847. The first-order valence-electron chi connectivity index (χ1n) is 6.63. The Kier molecular flexibility index (Phi) is 4.02. The molecule has 2 heterocycles. The van der Waals surface area contributed by atoms with E-state index in [1.165, 1.54) is 12.1 Å². The molecule has 0 saturated carbocycles. The zero-order valence-electron chi connectivity index (χ0n) is 11.9. The largest absolute Gasteiger partial charge is 0.328 e. The number of barbiturate groups is 1. The highest BCUT2D eigenvalue weighted by Gasteiger charge is 2.48. The summed E-state index contributed by atoms with van der Waals surface area (Å²) in [5, 5.41) is 3.70. The van der Waals surface area contributed by atoms with Crippen LogP contribution in [-0.2, 0) is 9.59 Å². The van der Waals surface area contributed by atoms with E-state index < -0.39 is 35.7 Å². The van der Waals surface area contributed by atoms with Crippen molar-refractivity contribution in [1.29, 1.82) is 0 Å². The van der Waals surface area contributed by atoms with Gasteiger partial charge in [0.2, 0.25) is 0 Å². The Morgan fingerprint density at radius 1 is 0.818 bits per heavy atom. The van der Waals surface area contributed by atoms with E-state index >= 15 is 0 Å². The predicted molar refractivity (Wildman–Crippen MR) is 73.8 cm³/mol. The molecule has 2 N–H and O–H groups in total. The summed E-state index contributed by atoms with van der Waals surface area (Å²) in [4.78, 5) is 59.2. The molecule has 3 rings (SSSR count). The van der Waals surface area contributed by atoms with Gasteiger partial charge in [-0.1, -0.05) is 26.0 Å². The summed E-state index contributed by atoms with van der Waals surface area (Å²) >= 11 is 0. The lowest BCUT2D eigenvalue weighted by molar-refractivity contribution is -0.135. The Hall–Kier alpha value is -3.03. The molecule has 22 heavy (non-hydrogen) atoms. The number of imide groups is 3. The van der Waals surface area contributed by atoms with Crippen molar-refractivity contribution in [3.8, 4) is 0 Å². The highest BCUT2D eigenvalue weighted by Crippen LogP contribution is 2.25. The van der Waals surface area contributed by atoms with Crippen LogP contribution < -0.4 is 10.6 Å². The third-order valence-corrected chi connectivity index (χ3v) is 3.05. The fourth-order valence-electron chi connectivity index (χ4n) is 2.19. The van der Waals surface area contributed by atoms with Crippen LogP contribution in [0.3, 0.4) is 0 Å². The lowest BCUT2D eigenvalue weighted by Crippen LogP contribution is -2.65. The van der Waals surface area contributed by atoms with Crippen molar-refractivity contribution in [3.05, 3.63) is 35.4 Å². The number of nitrogens with one attached hydrogen (secondary N) is 2. The Morgan fingerprint density at radius 2 is 1.23 bits per heavy atom. The second-order valence-corrected chi connectivity index (χ2v) is 4.24. The summed E-state index contributed by atoms with van der Waals surface area (Å²) in [6.45, 7) is 4.00. The third kappa shape index (κ3) is 2.24. The summed E-state index contributed by atoms with van der Waals surface area (Å²) < 4.78 is 0. The van der Waals surface area contributed by atoms with Gasteiger partial charge in [-0.05, 0) is 12.1 Å². The zero-order chi connectivity index (χ0) is 16.4. The number of rotatable bonds is 1. The van der Waals surface area contributed by atoms with E-state index in [-0.39, 0.29) is 11.1 Å². The molecule has 0 bridgehead atoms. The number of carbonyl (C=O) groups is 5. The van der Waals surface area contributed by atoms with Gasteiger partial charge in [0.25, 0.3) is 23.6 Å². The van der Waals surface area contributed by atoms with Crippen LogP contribution in [0.2, 0.25) is 0 Å². The number of nitrogens with zero attached hydrogens (tertiary/aromatic N) is 1. The highest BCUT2D eigenvalue weighted by molar-refractivity contribution is 6.28. The molecule has 0 aliphatic carbocycles. The second kappa shape index (κ2) is 5.76. The van der Waals surface area contributed by atoms with Gasteiger partial charge in [-0.2, -0.15) is 0 Å². The number of hydrogen-bond acceptors (Lipinski definition) is 5. The molecular weight excluding hydrogens is 290 g/mol. The topological polar surface area (TPSA) is 113 Å². The van der Waals surface area contributed by atoms with Gasteiger partial charge in [0, 0.05) is 0 Å². The maximum Gasteiger partial charge on any atom is 0.328 e. The van der Waals surface area contributed by atoms with Crippen LogP contribution in [0, 0.1) is 0 Å². The molecule has 8 nitrogen and oxygen atoms in total. The fraction of sp³-hybridized carbons (Fsp3) is 0.214. The van der Waals surface area contributed by atoms with Crippen molar-refractivity contribution in [1.82, 2.24) is 15.5 Å². The monoisotopic (exact) mass is 303 g/mol. The molecule has 0 atom stereocenters. The number of amides is 6. The number of benzene rings is 1. The number of fused-ring (bicyclic) bond motifs is 1. The van der Waals surface area contributed by atoms with E-state index in [0.29, 0.717) is 4.90 Å². The Bertz CT molecular complexity index is 642. The van der Waals surface area contributed by atoms with Crippen molar-refractivity contribution in [3.63, 3.8) is 0 Å². The zero-order valence-corrected chi connectivity index (χ0v) is 11.9. The van der Waals surface area contributed by atoms with E-state index in [2.05, 4.69) is 0 Å². The minimum Gasteiger partial charge on any atom is -0.275 e. The van der Waals surface area contributed by atoms with Crippen molar-refractivity contribution < 1.29 is 24.0 Å². The van der Waals surface area contributed by atoms with Gasteiger partial charge in [-0.15, -0.1) is 0 Å². The highest BCUT2D eigenvalue weighted by atomic mass is 16.2. The van der Waals surface area contributed by atoms with Gasteiger partial charge < -0.3 is 0 Å². The molecule has 1 saturated heterocycles. The number of carbonyl (C=O) groups excluding carboxylic acids is 5. The maximum atomic E-state index is 12.1. The molecule has 0 spiro atoms. The first-order chi connectivity index (χ1) is 10.5. The molecule has 8 heteroatoms. The summed E-state index contributed by atoms with van der Waals surface area (Å²) in [6.07, 6.45) is 0. The van der Waals surface area contributed by atoms with Gasteiger partial charge in [-0.3, -0.25) is 34.7 Å². The molecule has 2 aliphatic rings. The van der Waals surface area contributed by atoms with Gasteiger partial charge in [0.05, 0.1) is 11.1 Å². The maximum absolute atomic E-state index is 12.1. The first-order valence-corrected chi connectivity index (χ1v) is 6.63. The van der Waals surface area contributed by atoms with Crippen LogP contribution in [0.15, 0.2) is 24.3 Å². The van der Waals surface area contributed by atoms with E-state index in [9.17, 15) is 24.0 Å². The van der Waals surface area contributed by atoms with E-state index in [1.807, 2.05) is 24.5 Å². The molecule has 0 radical (unpaired) electrons. The molecule has 1 fully saturated rings. The number of urea groups is 1. The molecule has 114 valence electrons. The van der Waals surface area contributed by atoms with Gasteiger partial charge in [0.1, 0.15) is 0 Å². The molecule has 2 aliphatic heterocycles. The molecular formula is C14H13N3O5. The van der Waals surface area contributed by atoms with Crippen LogP contribution >= 0.6 is 0 Å². The van der Waals surface area contributed by atoms with Gasteiger partial charge in [-0.25, -0.2) is 4.79 Å². The Labute approximate surface area is 125 Å². The van der Waals surface area contributed by atoms with Crippen molar-refractivity contribution in [2.24, 2.45) is 0 Å². The molecule has 6 amide bonds. The van der Waals surface area contributed by atoms with Crippen molar-refractivity contribution >= 4 is 29.7 Å². The standard InChI is InChI=1S/C12H7N3O5.C2H6/c16-8-7(9(17)14-12(20)13-8)15-10(18)5-3-1-2-4-6(5)11(15)19;1-2/h1-4,7H,(H2,13,14,16,17,20);1-2H3. The number of hydrogen-bond donors (Lipinski definition) is 2. The van der Waals surface area contributed by atoms with Gasteiger partial charge >= 0.3 is 6.03 Å². The van der Waals surface area contributed by atoms with E-state index in [1.54, 1.807) is 12.1 Å². The van der Waals surface area contributed by atoms with E-state index in [0.717, 1.165) is 0 Å². The third-order valence-electron chi connectivity index (χ3n) is 3.05. The smallest absolute Gasteiger partial charge is 0.275 e. The quantitative estimate of drug-likeness (QED) is 0.562. The van der Waals surface area contributed by atoms with Crippen LogP contribution in [0.1, 0.15) is 34.6 Å². The van der Waals surface area contributed by atoms with E-state index in [4.69, 9.17) is 0 Å². The summed E-state index contributed by atoms with van der Waals surface area (Å²) in [5.74, 6) is -3.49. The molecule has 1 aromatic carbocycles. The van der Waals surface area contributed by atoms with Crippen LogP contribution in [0.25, 0.3) is 0 Å². The van der Waals surface area contributed by atoms with Crippen LogP contribution in [-0.4, -0.2) is 40.6 Å². The molecule has 0 aromatic heterocycles.